The third-order valence-corrected chi connectivity index (χ3v) is 7.21. The van der Waals surface area contributed by atoms with Gasteiger partial charge in [0.15, 0.2) is 0 Å². The molecule has 1 aromatic heterocycles. The number of H-pyrrole nitrogens is 1. The number of hydroxylamine groups is 1. The van der Waals surface area contributed by atoms with Crippen molar-refractivity contribution in [1.82, 2.24) is 15.1 Å². The number of rotatable bonds is 11. The van der Waals surface area contributed by atoms with E-state index in [4.69, 9.17) is 9.57 Å². The predicted molar refractivity (Wildman–Crippen MR) is 131 cm³/mol. The summed E-state index contributed by atoms with van der Waals surface area (Å²) in [7, 11) is -3.83. The molecule has 37 heavy (non-hydrogen) atoms. The number of aliphatic hydroxyl groups excluding tert-OH is 3. The largest absolute Gasteiger partial charge is 0.480 e. The van der Waals surface area contributed by atoms with Crippen LogP contribution in [0.5, 0.6) is 0 Å². The number of benzene rings is 1. The minimum absolute atomic E-state index is 0.0768. The molecule has 206 valence electrons. The minimum Gasteiger partial charge on any atom is -0.480 e. The van der Waals surface area contributed by atoms with Crippen LogP contribution in [0.2, 0.25) is 0 Å². The van der Waals surface area contributed by atoms with Crippen molar-refractivity contribution in [2.75, 3.05) is 0 Å². The normalized spacial score (nSPS) is 26.6. The molecule has 13 nitrogen and oxygen atoms in total. The van der Waals surface area contributed by atoms with Crippen LogP contribution in [0.15, 0.2) is 30.5 Å². The average Bonchev–Trinajstić information content (AvgIpc) is 3.25. The summed E-state index contributed by atoms with van der Waals surface area (Å²) in [5, 5.41) is 40.7. The highest BCUT2D eigenvalue weighted by Crippen LogP contribution is 2.31. The lowest BCUT2D eigenvalue weighted by atomic mass is 10.00. The number of aliphatic carboxylic acids is 1. The molecule has 1 aliphatic rings. The second-order valence-corrected chi connectivity index (χ2v) is 10.6. The van der Waals surface area contributed by atoms with E-state index in [1.54, 1.807) is 44.3 Å². The number of para-hydroxylation sites is 1. The molecule has 1 amide bonds. The number of hydrogen-bond donors (Lipinski definition) is 7. The van der Waals surface area contributed by atoms with Gasteiger partial charge in [0.2, 0.25) is 12.2 Å². The molecule has 0 aliphatic carbocycles. The molecule has 1 saturated heterocycles. The standard InChI is InChI=1S/C23H34N3O10P/c1-11(2)8-16(25-36-23-20(29)19(28)18(27)12(3)35-23)21(30)26(37(33)34)17(22(31)32)9-13-10-24-15-7-5-4-6-14(13)15/h4-7,10-12,16-20,23-25,27-29,37H,8-9H2,1-3H3,(H,31,32)(H,33,34)/t12-,16-,17-,18-,19+,20+,23-/m0/s1. The molecule has 8 atom stereocenters. The maximum absolute atomic E-state index is 13.5. The van der Waals surface area contributed by atoms with Crippen LogP contribution in [0, 0.1) is 5.92 Å². The molecule has 1 aliphatic heterocycles. The van der Waals surface area contributed by atoms with E-state index in [1.807, 2.05) is 0 Å². The molecular weight excluding hydrogens is 509 g/mol. The highest BCUT2D eigenvalue weighted by molar-refractivity contribution is 7.36. The van der Waals surface area contributed by atoms with Crippen LogP contribution in [0.4, 0.5) is 0 Å². The van der Waals surface area contributed by atoms with Crippen molar-refractivity contribution < 1.29 is 49.0 Å². The van der Waals surface area contributed by atoms with Gasteiger partial charge in [-0.05, 0) is 30.9 Å². The Bertz CT molecular complexity index is 1110. The molecule has 3 rings (SSSR count). The van der Waals surface area contributed by atoms with Crippen LogP contribution in [0.3, 0.4) is 0 Å². The average molecular weight is 544 g/mol. The fourth-order valence-corrected chi connectivity index (χ4v) is 5.09. The summed E-state index contributed by atoms with van der Waals surface area (Å²) >= 11 is 0. The number of aromatic nitrogens is 1. The number of hydrogen-bond acceptors (Lipinski definition) is 9. The lowest BCUT2D eigenvalue weighted by Crippen LogP contribution is -2.59. The van der Waals surface area contributed by atoms with Gasteiger partial charge in [-0.1, -0.05) is 32.0 Å². The zero-order valence-electron chi connectivity index (χ0n) is 20.6. The Labute approximate surface area is 213 Å². The number of ether oxygens (including phenoxy) is 1. The van der Waals surface area contributed by atoms with Gasteiger partial charge < -0.3 is 35.0 Å². The lowest BCUT2D eigenvalue weighted by molar-refractivity contribution is -0.311. The van der Waals surface area contributed by atoms with Crippen LogP contribution in [-0.2, 0) is 30.1 Å². The number of fused-ring (bicyclic) bond motifs is 1. The van der Waals surface area contributed by atoms with Crippen molar-refractivity contribution >= 4 is 31.0 Å². The van der Waals surface area contributed by atoms with Gasteiger partial charge in [-0.2, -0.15) is 5.48 Å². The Morgan fingerprint density at radius 3 is 2.49 bits per heavy atom. The van der Waals surface area contributed by atoms with E-state index in [0.29, 0.717) is 10.2 Å². The molecule has 2 aromatic rings. The van der Waals surface area contributed by atoms with Gasteiger partial charge in [0.25, 0.3) is 8.18 Å². The number of amides is 1. The number of carboxylic acids is 1. The molecule has 1 aromatic carbocycles. The SMILES string of the molecule is CC(C)C[C@H](NO[C@@H]1O[C@@H](C)[C@H](O)[C@@H](O)[C@H]1O)C(=O)N([C@@H](Cc1c[nH]c2ccccc12)C(=O)O)[PH](=O)O. The first-order valence-electron chi connectivity index (χ1n) is 11.9. The van der Waals surface area contributed by atoms with E-state index in [0.717, 1.165) is 10.9 Å². The van der Waals surface area contributed by atoms with Crippen LogP contribution >= 0.6 is 8.18 Å². The van der Waals surface area contributed by atoms with Crippen LogP contribution in [0.1, 0.15) is 32.8 Å². The Balaban J connectivity index is 1.83. The summed E-state index contributed by atoms with van der Waals surface area (Å²) in [5.41, 5.74) is 3.72. The van der Waals surface area contributed by atoms with E-state index in [1.165, 1.54) is 6.92 Å². The molecule has 14 heteroatoms. The molecule has 0 radical (unpaired) electrons. The van der Waals surface area contributed by atoms with Crippen LogP contribution in [-0.4, -0.2) is 89.6 Å². The van der Waals surface area contributed by atoms with E-state index in [9.17, 15) is 39.5 Å². The van der Waals surface area contributed by atoms with Crippen LogP contribution in [0.25, 0.3) is 10.9 Å². The van der Waals surface area contributed by atoms with E-state index in [2.05, 4.69) is 10.5 Å². The van der Waals surface area contributed by atoms with Gasteiger partial charge in [-0.25, -0.2) is 4.79 Å². The highest BCUT2D eigenvalue weighted by atomic mass is 31.1. The smallest absolute Gasteiger partial charge is 0.327 e. The number of nitrogens with zero attached hydrogens (tertiary/aromatic N) is 1. The summed E-state index contributed by atoms with van der Waals surface area (Å²) in [6.45, 7) is 5.01. The number of carbonyl (C=O) groups excluding carboxylic acids is 1. The Morgan fingerprint density at radius 1 is 1.19 bits per heavy atom. The fraction of sp³-hybridized carbons (Fsp3) is 0.565. The summed E-state index contributed by atoms with van der Waals surface area (Å²) in [4.78, 5) is 44.1. The Hall–Kier alpha value is -2.35. The molecule has 0 bridgehead atoms. The van der Waals surface area contributed by atoms with Gasteiger partial charge in [0.1, 0.15) is 30.4 Å². The van der Waals surface area contributed by atoms with Gasteiger partial charge in [0, 0.05) is 23.5 Å². The zero-order chi connectivity index (χ0) is 27.4. The summed E-state index contributed by atoms with van der Waals surface area (Å²) in [5.74, 6) is -2.59. The number of aromatic amines is 1. The van der Waals surface area contributed by atoms with E-state index >= 15 is 0 Å². The summed E-state index contributed by atoms with van der Waals surface area (Å²) in [6.07, 6.45) is -5.54. The quantitative estimate of drug-likeness (QED) is 0.150. The second-order valence-electron chi connectivity index (χ2n) is 9.51. The van der Waals surface area contributed by atoms with Crippen LogP contribution < -0.4 is 5.48 Å². The first kappa shape index (κ1) is 29.2. The van der Waals surface area contributed by atoms with Crippen molar-refractivity contribution in [3.8, 4) is 0 Å². The van der Waals surface area contributed by atoms with Gasteiger partial charge >= 0.3 is 5.97 Å². The molecule has 2 heterocycles. The lowest BCUT2D eigenvalue weighted by Gasteiger charge is -2.39. The maximum atomic E-state index is 13.5. The number of aliphatic hydroxyl groups is 3. The Morgan fingerprint density at radius 2 is 1.86 bits per heavy atom. The molecule has 0 saturated carbocycles. The Kier molecular flexibility index (Phi) is 9.84. The first-order chi connectivity index (χ1) is 17.4. The maximum Gasteiger partial charge on any atom is 0.327 e. The molecular formula is C23H34N3O10P. The minimum atomic E-state index is -3.83. The zero-order valence-corrected chi connectivity index (χ0v) is 21.6. The van der Waals surface area contributed by atoms with Gasteiger partial charge in [-0.15, -0.1) is 0 Å². The van der Waals surface area contributed by atoms with Crippen molar-refractivity contribution in [1.29, 1.82) is 0 Å². The number of carbonyl (C=O) groups is 2. The number of carboxylic acid groups (broad SMARTS) is 1. The third-order valence-electron chi connectivity index (χ3n) is 6.27. The van der Waals surface area contributed by atoms with Crippen molar-refractivity contribution in [3.05, 3.63) is 36.0 Å². The summed E-state index contributed by atoms with van der Waals surface area (Å²) < 4.78 is 18.2. The van der Waals surface area contributed by atoms with Crippen molar-refractivity contribution in [2.24, 2.45) is 5.92 Å². The summed E-state index contributed by atoms with van der Waals surface area (Å²) in [6, 6.07) is 4.19. The predicted octanol–water partition coefficient (Wildman–Crippen LogP) is 0.138. The van der Waals surface area contributed by atoms with Crippen molar-refractivity contribution in [3.63, 3.8) is 0 Å². The number of nitrogens with one attached hydrogen (secondary N) is 2. The van der Waals surface area contributed by atoms with E-state index in [-0.39, 0.29) is 18.8 Å². The highest BCUT2D eigenvalue weighted by Gasteiger charge is 2.44. The first-order valence-corrected chi connectivity index (χ1v) is 13.2. The van der Waals surface area contributed by atoms with Gasteiger partial charge in [0.05, 0.1) is 6.10 Å². The molecule has 0 spiro atoms. The molecule has 1 unspecified atom stereocenters. The monoisotopic (exact) mass is 543 g/mol. The third kappa shape index (κ3) is 6.75. The topological polar surface area (TPSA) is 202 Å². The van der Waals surface area contributed by atoms with Gasteiger partial charge in [-0.3, -0.25) is 18.9 Å². The molecule has 1 fully saturated rings. The van der Waals surface area contributed by atoms with E-state index < -0.39 is 62.8 Å². The second kappa shape index (κ2) is 12.5. The fourth-order valence-electron chi connectivity index (χ4n) is 4.28. The van der Waals surface area contributed by atoms with Crippen molar-refractivity contribution in [2.45, 2.75) is 76.4 Å². The molecule has 7 N–H and O–H groups in total.